The number of nitrogens with zero attached hydrogens (tertiary/aromatic N) is 2. The van der Waals surface area contributed by atoms with E-state index < -0.39 is 0 Å². The first-order valence-corrected chi connectivity index (χ1v) is 7.79. The number of halogens is 1. The van der Waals surface area contributed by atoms with Gasteiger partial charge in [0.2, 0.25) is 0 Å². The largest absolute Gasteiger partial charge is 0.378 e. The second kappa shape index (κ2) is 7.79. The first-order valence-electron chi connectivity index (χ1n) is 7.41. The van der Waals surface area contributed by atoms with E-state index in [9.17, 15) is 4.79 Å². The highest BCUT2D eigenvalue weighted by molar-refractivity contribution is 6.31. The summed E-state index contributed by atoms with van der Waals surface area (Å²) in [6, 6.07) is 14.8. The van der Waals surface area contributed by atoms with Crippen molar-refractivity contribution in [2.45, 2.75) is 13.3 Å². The van der Waals surface area contributed by atoms with Crippen LogP contribution in [0.5, 0.6) is 0 Å². The van der Waals surface area contributed by atoms with Gasteiger partial charge >= 0.3 is 0 Å². The van der Waals surface area contributed by atoms with Crippen molar-refractivity contribution in [3.8, 4) is 0 Å². The van der Waals surface area contributed by atoms with Crippen LogP contribution < -0.4 is 10.3 Å². The van der Waals surface area contributed by atoms with E-state index in [1.807, 2.05) is 62.3 Å². The molecule has 1 amide bonds. The lowest BCUT2D eigenvalue weighted by Gasteiger charge is -2.12. The molecule has 2 rings (SSSR count). The zero-order valence-electron chi connectivity index (χ0n) is 13.5. The highest BCUT2D eigenvalue weighted by Gasteiger charge is 2.07. The third-order valence-corrected chi connectivity index (χ3v) is 3.67. The van der Waals surface area contributed by atoms with Gasteiger partial charge in [-0.1, -0.05) is 30.7 Å². The molecule has 0 aliphatic carbocycles. The van der Waals surface area contributed by atoms with E-state index in [2.05, 4.69) is 10.5 Å². The molecule has 2 aromatic carbocycles. The fraction of sp³-hybridized carbons (Fsp3) is 0.222. The number of carbonyl (C=O) groups is 1. The van der Waals surface area contributed by atoms with Crippen molar-refractivity contribution in [3.63, 3.8) is 0 Å². The number of hydrazone groups is 1. The monoisotopic (exact) mass is 329 g/mol. The molecule has 0 spiro atoms. The number of benzene rings is 2. The van der Waals surface area contributed by atoms with E-state index in [0.29, 0.717) is 17.0 Å². The number of nitrogens with one attached hydrogen (secondary N) is 1. The molecule has 2 aromatic rings. The SMILES string of the molecule is CC/C(=N\NC(=O)c1ccc(N(C)C)cc1)c1cccc(Cl)c1. The van der Waals surface area contributed by atoms with Gasteiger partial charge in [0.05, 0.1) is 5.71 Å². The molecule has 0 unspecified atom stereocenters. The summed E-state index contributed by atoms with van der Waals surface area (Å²) in [7, 11) is 3.91. The van der Waals surface area contributed by atoms with Gasteiger partial charge in [0.25, 0.3) is 5.91 Å². The maximum absolute atomic E-state index is 12.2. The lowest BCUT2D eigenvalue weighted by molar-refractivity contribution is 0.0955. The van der Waals surface area contributed by atoms with Gasteiger partial charge in [-0.3, -0.25) is 4.79 Å². The molecule has 0 bridgehead atoms. The minimum atomic E-state index is -0.233. The Kier molecular flexibility index (Phi) is 5.77. The Morgan fingerprint density at radius 1 is 1.13 bits per heavy atom. The van der Waals surface area contributed by atoms with E-state index in [4.69, 9.17) is 11.6 Å². The molecule has 0 aliphatic heterocycles. The van der Waals surface area contributed by atoms with Crippen molar-refractivity contribution in [1.29, 1.82) is 0 Å². The van der Waals surface area contributed by atoms with Crippen molar-refractivity contribution in [2.24, 2.45) is 5.10 Å². The summed E-state index contributed by atoms with van der Waals surface area (Å²) in [6.45, 7) is 1.98. The van der Waals surface area contributed by atoms with Crippen LogP contribution in [0.1, 0.15) is 29.3 Å². The first-order chi connectivity index (χ1) is 11.0. The maximum Gasteiger partial charge on any atom is 0.271 e. The van der Waals surface area contributed by atoms with Crippen LogP contribution in [0, 0.1) is 0 Å². The number of amides is 1. The Hall–Kier alpha value is -2.33. The molecule has 5 heteroatoms. The van der Waals surface area contributed by atoms with Crippen LogP contribution >= 0.6 is 11.6 Å². The van der Waals surface area contributed by atoms with Crippen LogP contribution in [0.2, 0.25) is 5.02 Å². The zero-order valence-corrected chi connectivity index (χ0v) is 14.3. The number of rotatable bonds is 5. The van der Waals surface area contributed by atoms with E-state index in [1.165, 1.54) is 0 Å². The van der Waals surface area contributed by atoms with Crippen molar-refractivity contribution in [3.05, 3.63) is 64.7 Å². The Labute approximate surface area is 141 Å². The van der Waals surface area contributed by atoms with Crippen LogP contribution in [0.15, 0.2) is 53.6 Å². The summed E-state index contributed by atoms with van der Waals surface area (Å²) in [6.07, 6.45) is 0.695. The van der Waals surface area contributed by atoms with E-state index in [-0.39, 0.29) is 5.91 Å². The second-order valence-corrected chi connectivity index (χ2v) is 5.74. The summed E-state index contributed by atoms with van der Waals surface area (Å²) in [5, 5.41) is 4.88. The topological polar surface area (TPSA) is 44.7 Å². The van der Waals surface area contributed by atoms with Crippen molar-refractivity contribution in [2.75, 3.05) is 19.0 Å². The fourth-order valence-electron chi connectivity index (χ4n) is 2.11. The molecule has 0 fully saturated rings. The van der Waals surface area contributed by atoms with Crippen LogP contribution in [0.3, 0.4) is 0 Å². The molecule has 0 radical (unpaired) electrons. The molecular weight excluding hydrogens is 310 g/mol. The van der Waals surface area contributed by atoms with Gasteiger partial charge < -0.3 is 4.90 Å². The third-order valence-electron chi connectivity index (χ3n) is 3.43. The zero-order chi connectivity index (χ0) is 16.8. The summed E-state index contributed by atoms with van der Waals surface area (Å²) >= 11 is 6.00. The second-order valence-electron chi connectivity index (χ2n) is 5.30. The molecule has 0 saturated heterocycles. The number of hydrogen-bond donors (Lipinski definition) is 1. The van der Waals surface area contributed by atoms with Crippen LogP contribution in [-0.4, -0.2) is 25.7 Å². The first kappa shape index (κ1) is 17.0. The van der Waals surface area contributed by atoms with Gasteiger partial charge in [0.15, 0.2) is 0 Å². The fourth-order valence-corrected chi connectivity index (χ4v) is 2.30. The minimum absolute atomic E-state index is 0.233. The predicted octanol–water partition coefficient (Wildman–Crippen LogP) is 3.95. The van der Waals surface area contributed by atoms with E-state index >= 15 is 0 Å². The standard InChI is InChI=1S/C18H20ClN3O/c1-4-17(14-6-5-7-15(19)12-14)20-21-18(23)13-8-10-16(11-9-13)22(2)3/h5-12H,4H2,1-3H3,(H,21,23)/b20-17+. The van der Waals surface area contributed by atoms with Crippen LogP contribution in [0.4, 0.5) is 5.69 Å². The summed E-state index contributed by atoms with van der Waals surface area (Å²) < 4.78 is 0. The smallest absolute Gasteiger partial charge is 0.271 e. The lowest BCUT2D eigenvalue weighted by atomic mass is 10.1. The van der Waals surface area contributed by atoms with Gasteiger partial charge in [0.1, 0.15) is 0 Å². The van der Waals surface area contributed by atoms with Gasteiger partial charge in [0, 0.05) is 30.4 Å². The predicted molar refractivity (Wildman–Crippen MR) is 96.5 cm³/mol. The average Bonchev–Trinajstić information content (AvgIpc) is 2.55. The number of anilines is 1. The van der Waals surface area contributed by atoms with Crippen LogP contribution in [-0.2, 0) is 0 Å². The minimum Gasteiger partial charge on any atom is -0.378 e. The number of carbonyl (C=O) groups excluding carboxylic acids is 1. The van der Waals surface area contributed by atoms with Gasteiger partial charge in [-0.15, -0.1) is 0 Å². The normalized spacial score (nSPS) is 11.2. The van der Waals surface area contributed by atoms with Crippen molar-refractivity contribution < 1.29 is 4.79 Å². The summed E-state index contributed by atoms with van der Waals surface area (Å²) in [5.41, 5.74) is 5.91. The summed E-state index contributed by atoms with van der Waals surface area (Å²) in [4.78, 5) is 14.2. The summed E-state index contributed by atoms with van der Waals surface area (Å²) in [5.74, 6) is -0.233. The van der Waals surface area contributed by atoms with Crippen molar-refractivity contribution in [1.82, 2.24) is 5.43 Å². The molecular formula is C18H20ClN3O. The molecule has 0 aromatic heterocycles. The Morgan fingerprint density at radius 2 is 1.83 bits per heavy atom. The van der Waals surface area contributed by atoms with Gasteiger partial charge in [-0.05, 0) is 48.4 Å². The average molecular weight is 330 g/mol. The van der Waals surface area contributed by atoms with Crippen molar-refractivity contribution >= 4 is 28.9 Å². The van der Waals surface area contributed by atoms with Crippen LogP contribution in [0.25, 0.3) is 0 Å². The van der Waals surface area contributed by atoms with Gasteiger partial charge in [-0.2, -0.15) is 5.10 Å². The molecule has 23 heavy (non-hydrogen) atoms. The van der Waals surface area contributed by atoms with E-state index in [1.54, 1.807) is 12.1 Å². The highest BCUT2D eigenvalue weighted by Crippen LogP contribution is 2.14. The quantitative estimate of drug-likeness (QED) is 0.667. The molecule has 0 heterocycles. The molecule has 4 nitrogen and oxygen atoms in total. The molecule has 0 saturated carbocycles. The lowest BCUT2D eigenvalue weighted by Crippen LogP contribution is -2.20. The molecule has 120 valence electrons. The molecule has 0 atom stereocenters. The molecule has 1 N–H and O–H groups in total. The Morgan fingerprint density at radius 3 is 2.39 bits per heavy atom. The van der Waals surface area contributed by atoms with Gasteiger partial charge in [-0.25, -0.2) is 5.43 Å². The van der Waals surface area contributed by atoms with E-state index in [0.717, 1.165) is 17.0 Å². The Balaban J connectivity index is 2.12. The Bertz CT molecular complexity index is 708. The molecule has 0 aliphatic rings. The maximum atomic E-state index is 12.2. The third kappa shape index (κ3) is 4.57. The highest BCUT2D eigenvalue weighted by atomic mass is 35.5. The number of hydrogen-bond acceptors (Lipinski definition) is 3.